The van der Waals surface area contributed by atoms with Gasteiger partial charge in [-0.3, -0.25) is 9.78 Å². The molecular weight excluding hydrogens is 363 g/mol. The van der Waals surface area contributed by atoms with Crippen LogP contribution in [0.15, 0.2) is 36.5 Å². The van der Waals surface area contributed by atoms with Gasteiger partial charge in [0.1, 0.15) is 0 Å². The summed E-state index contributed by atoms with van der Waals surface area (Å²) in [6, 6.07) is 9.89. The van der Waals surface area contributed by atoms with Crippen LogP contribution < -0.4 is 0 Å². The van der Waals surface area contributed by atoms with Crippen molar-refractivity contribution in [3.8, 4) is 0 Å². The largest absolute Gasteiger partial charge is 0.334 e. The summed E-state index contributed by atoms with van der Waals surface area (Å²) in [5.41, 5.74) is 4.23. The summed E-state index contributed by atoms with van der Waals surface area (Å²) in [5, 5.41) is 0. The van der Waals surface area contributed by atoms with Crippen LogP contribution in [0.3, 0.4) is 0 Å². The van der Waals surface area contributed by atoms with E-state index in [1.807, 2.05) is 42.3 Å². The van der Waals surface area contributed by atoms with Crippen LogP contribution in [0.2, 0.25) is 0 Å². The zero-order chi connectivity index (χ0) is 14.1. The normalized spacial score (nSPS) is 14.0. The Hall–Kier alpha value is -1.43. The van der Waals surface area contributed by atoms with E-state index in [-0.39, 0.29) is 5.91 Å². The standard InChI is InChI=1S/C16H15IN2O/c1-11-4-2-6-13(15(11)17)16(20)19-9-7-14-12(10-19)5-3-8-18-14/h2-6,8H,7,9-10H2,1H3. The number of rotatable bonds is 1. The SMILES string of the molecule is Cc1cccc(C(=O)N2CCc3ncccc3C2)c1I. The van der Waals surface area contributed by atoms with Crippen LogP contribution in [0, 0.1) is 10.5 Å². The summed E-state index contributed by atoms with van der Waals surface area (Å²) >= 11 is 2.26. The Labute approximate surface area is 132 Å². The molecule has 0 saturated heterocycles. The summed E-state index contributed by atoms with van der Waals surface area (Å²) in [7, 11) is 0. The molecule has 0 radical (unpaired) electrons. The minimum atomic E-state index is 0.118. The van der Waals surface area contributed by atoms with Crippen molar-refractivity contribution in [2.24, 2.45) is 0 Å². The number of hydrogen-bond acceptors (Lipinski definition) is 2. The molecule has 2 heterocycles. The van der Waals surface area contributed by atoms with Gasteiger partial charge in [-0.1, -0.05) is 18.2 Å². The average Bonchev–Trinajstić information content (AvgIpc) is 2.49. The maximum Gasteiger partial charge on any atom is 0.255 e. The van der Waals surface area contributed by atoms with Crippen molar-refractivity contribution in [2.75, 3.05) is 6.54 Å². The van der Waals surface area contributed by atoms with Gasteiger partial charge < -0.3 is 4.90 Å². The Morgan fingerprint density at radius 3 is 3.00 bits per heavy atom. The molecule has 0 N–H and O–H groups in total. The minimum absolute atomic E-state index is 0.118. The van der Waals surface area contributed by atoms with Crippen LogP contribution in [0.1, 0.15) is 27.2 Å². The molecule has 0 atom stereocenters. The van der Waals surface area contributed by atoms with Crippen molar-refractivity contribution in [3.05, 3.63) is 62.5 Å². The van der Waals surface area contributed by atoms with E-state index < -0.39 is 0 Å². The topological polar surface area (TPSA) is 33.2 Å². The number of hydrogen-bond donors (Lipinski definition) is 0. The van der Waals surface area contributed by atoms with Crippen molar-refractivity contribution in [2.45, 2.75) is 19.9 Å². The average molecular weight is 378 g/mol. The molecule has 2 aromatic rings. The molecule has 102 valence electrons. The van der Waals surface area contributed by atoms with Gasteiger partial charge >= 0.3 is 0 Å². The molecule has 0 spiro atoms. The van der Waals surface area contributed by atoms with E-state index in [4.69, 9.17) is 0 Å². The van der Waals surface area contributed by atoms with E-state index in [2.05, 4.69) is 33.6 Å². The fourth-order valence-corrected chi connectivity index (χ4v) is 3.11. The van der Waals surface area contributed by atoms with Crippen molar-refractivity contribution in [3.63, 3.8) is 0 Å². The van der Waals surface area contributed by atoms with Gasteiger partial charge in [0.05, 0.1) is 5.56 Å². The molecule has 20 heavy (non-hydrogen) atoms. The Balaban J connectivity index is 1.88. The lowest BCUT2D eigenvalue weighted by Gasteiger charge is -2.28. The summed E-state index contributed by atoms with van der Waals surface area (Å²) in [6.07, 6.45) is 2.66. The molecule has 0 fully saturated rings. The minimum Gasteiger partial charge on any atom is -0.334 e. The number of benzene rings is 1. The van der Waals surface area contributed by atoms with E-state index >= 15 is 0 Å². The number of aromatic nitrogens is 1. The van der Waals surface area contributed by atoms with E-state index in [0.29, 0.717) is 6.54 Å². The zero-order valence-corrected chi connectivity index (χ0v) is 13.4. The maximum atomic E-state index is 12.7. The van der Waals surface area contributed by atoms with Crippen LogP contribution >= 0.6 is 22.6 Å². The molecule has 1 aromatic heterocycles. The van der Waals surface area contributed by atoms with Gasteiger partial charge in [-0.2, -0.15) is 0 Å². The first-order valence-electron chi connectivity index (χ1n) is 6.64. The van der Waals surface area contributed by atoms with E-state index in [1.165, 1.54) is 0 Å². The summed E-state index contributed by atoms with van der Waals surface area (Å²) in [6.45, 7) is 3.44. The van der Waals surface area contributed by atoms with Crippen molar-refractivity contribution in [1.82, 2.24) is 9.88 Å². The van der Waals surface area contributed by atoms with Gasteiger partial charge in [0.2, 0.25) is 0 Å². The second kappa shape index (κ2) is 5.52. The maximum absolute atomic E-state index is 12.7. The number of carbonyl (C=O) groups is 1. The third kappa shape index (κ3) is 2.44. The second-order valence-corrected chi connectivity index (χ2v) is 6.10. The molecule has 4 heteroatoms. The highest BCUT2D eigenvalue weighted by Gasteiger charge is 2.23. The number of aryl methyl sites for hydroxylation is 1. The van der Waals surface area contributed by atoms with Gasteiger partial charge in [0, 0.05) is 35.0 Å². The summed E-state index contributed by atoms with van der Waals surface area (Å²) < 4.78 is 1.05. The quantitative estimate of drug-likeness (QED) is 0.715. The molecule has 1 aromatic carbocycles. The lowest BCUT2D eigenvalue weighted by Crippen LogP contribution is -2.36. The first-order chi connectivity index (χ1) is 9.66. The first kappa shape index (κ1) is 13.5. The Bertz CT molecular complexity index is 669. The highest BCUT2D eigenvalue weighted by Crippen LogP contribution is 2.22. The number of amides is 1. The molecule has 3 nitrogen and oxygen atoms in total. The number of fused-ring (bicyclic) bond motifs is 1. The van der Waals surface area contributed by atoms with Crippen LogP contribution in [0.25, 0.3) is 0 Å². The van der Waals surface area contributed by atoms with Crippen LogP contribution in [0.5, 0.6) is 0 Å². The first-order valence-corrected chi connectivity index (χ1v) is 7.72. The molecule has 1 aliphatic heterocycles. The van der Waals surface area contributed by atoms with Crippen molar-refractivity contribution >= 4 is 28.5 Å². The third-order valence-electron chi connectivity index (χ3n) is 3.67. The summed E-state index contributed by atoms with van der Waals surface area (Å²) in [5.74, 6) is 0.118. The summed E-state index contributed by atoms with van der Waals surface area (Å²) in [4.78, 5) is 19.0. The fraction of sp³-hybridized carbons (Fsp3) is 0.250. The number of carbonyl (C=O) groups excluding carboxylic acids is 1. The highest BCUT2D eigenvalue weighted by atomic mass is 127. The van der Waals surface area contributed by atoms with Crippen LogP contribution in [0.4, 0.5) is 0 Å². The van der Waals surface area contributed by atoms with Crippen molar-refractivity contribution in [1.29, 1.82) is 0 Å². The Kier molecular flexibility index (Phi) is 3.74. The molecule has 0 unspecified atom stereocenters. The molecule has 1 amide bonds. The smallest absolute Gasteiger partial charge is 0.255 e. The number of halogens is 1. The molecule has 0 saturated carbocycles. The second-order valence-electron chi connectivity index (χ2n) is 5.02. The number of pyridine rings is 1. The lowest BCUT2D eigenvalue weighted by molar-refractivity contribution is 0.0732. The van der Waals surface area contributed by atoms with Gasteiger partial charge in [-0.05, 0) is 52.8 Å². The molecule has 3 rings (SSSR count). The van der Waals surface area contributed by atoms with E-state index in [9.17, 15) is 4.79 Å². The van der Waals surface area contributed by atoms with Gasteiger partial charge in [-0.15, -0.1) is 0 Å². The highest BCUT2D eigenvalue weighted by molar-refractivity contribution is 14.1. The van der Waals surface area contributed by atoms with Crippen LogP contribution in [-0.4, -0.2) is 22.3 Å². The van der Waals surface area contributed by atoms with Crippen LogP contribution in [-0.2, 0) is 13.0 Å². The monoisotopic (exact) mass is 378 g/mol. The fourth-order valence-electron chi connectivity index (χ4n) is 2.52. The van der Waals surface area contributed by atoms with E-state index in [1.54, 1.807) is 0 Å². The van der Waals surface area contributed by atoms with Gasteiger partial charge in [0.25, 0.3) is 5.91 Å². The molecule has 1 aliphatic rings. The Morgan fingerprint density at radius 2 is 2.15 bits per heavy atom. The third-order valence-corrected chi connectivity index (χ3v) is 5.11. The predicted molar refractivity (Wildman–Crippen MR) is 86.6 cm³/mol. The van der Waals surface area contributed by atoms with Gasteiger partial charge in [0.15, 0.2) is 0 Å². The number of nitrogens with zero attached hydrogens (tertiary/aromatic N) is 2. The molecule has 0 aliphatic carbocycles. The molecule has 0 bridgehead atoms. The van der Waals surface area contributed by atoms with Gasteiger partial charge in [-0.25, -0.2) is 0 Å². The van der Waals surface area contributed by atoms with E-state index in [0.717, 1.165) is 38.9 Å². The molecular formula is C16H15IN2O. The zero-order valence-electron chi connectivity index (χ0n) is 11.3. The van der Waals surface area contributed by atoms with Crippen molar-refractivity contribution < 1.29 is 4.79 Å². The predicted octanol–water partition coefficient (Wildman–Crippen LogP) is 3.19. The Morgan fingerprint density at radius 1 is 1.30 bits per heavy atom. The lowest BCUT2D eigenvalue weighted by atomic mass is 10.0.